The fourth-order valence-corrected chi connectivity index (χ4v) is 2.93. The summed E-state index contributed by atoms with van der Waals surface area (Å²) >= 11 is 0. The Morgan fingerprint density at radius 3 is 2.33 bits per heavy atom. The van der Waals surface area contributed by atoms with E-state index < -0.39 is 6.04 Å². The minimum atomic E-state index is -0.502. The Balaban J connectivity index is 1.88. The van der Waals surface area contributed by atoms with Gasteiger partial charge in [-0.05, 0) is 38.2 Å². The summed E-state index contributed by atoms with van der Waals surface area (Å²) in [5.41, 5.74) is 6.65. The minimum Gasteiger partial charge on any atom is -0.456 e. The summed E-state index contributed by atoms with van der Waals surface area (Å²) in [6.07, 6.45) is 1.46. The molecule has 3 N–H and O–H groups in total. The van der Waals surface area contributed by atoms with Crippen LogP contribution in [0.25, 0.3) is 0 Å². The zero-order valence-corrected chi connectivity index (χ0v) is 15.3. The van der Waals surface area contributed by atoms with Crippen molar-refractivity contribution in [3.8, 4) is 0 Å². The zero-order chi connectivity index (χ0) is 18.1. The average Bonchev–Trinajstić information content (AvgIpc) is 2.84. The van der Waals surface area contributed by atoms with Crippen molar-refractivity contribution in [2.24, 2.45) is 11.1 Å². The number of nitrogens with zero attached hydrogens (tertiary/aromatic N) is 1. The first-order valence-corrected chi connectivity index (χ1v) is 8.52. The molecule has 0 radical (unpaired) electrons. The third-order valence-electron chi connectivity index (χ3n) is 4.59. The molecule has 2 rings (SSSR count). The lowest BCUT2D eigenvalue weighted by Gasteiger charge is -2.36. The van der Waals surface area contributed by atoms with Crippen LogP contribution in [0.5, 0.6) is 0 Å². The van der Waals surface area contributed by atoms with Gasteiger partial charge in [0.15, 0.2) is 5.76 Å². The van der Waals surface area contributed by atoms with Crippen LogP contribution in [0.4, 0.5) is 0 Å². The predicted octanol–water partition coefficient (Wildman–Crippen LogP) is 1.99. The molecule has 1 aromatic heterocycles. The molecule has 1 aromatic rings. The van der Waals surface area contributed by atoms with Crippen LogP contribution in [0.3, 0.4) is 0 Å². The van der Waals surface area contributed by atoms with Crippen LogP contribution in [-0.4, -0.2) is 41.9 Å². The number of piperidine rings is 1. The molecule has 0 saturated carbocycles. The number of aryl methyl sites for hydroxylation is 2. The number of hydrogen-bond donors (Lipinski definition) is 2. The Morgan fingerprint density at radius 1 is 1.29 bits per heavy atom. The molecule has 1 aliphatic heterocycles. The van der Waals surface area contributed by atoms with Gasteiger partial charge >= 0.3 is 0 Å². The molecule has 2 heterocycles. The van der Waals surface area contributed by atoms with E-state index in [0.29, 0.717) is 18.8 Å². The number of likely N-dealkylation sites (tertiary alicyclic amines) is 1. The maximum atomic E-state index is 12.4. The van der Waals surface area contributed by atoms with E-state index in [1.165, 1.54) is 0 Å². The highest BCUT2D eigenvalue weighted by atomic mass is 16.3. The molecule has 0 aliphatic carbocycles. The largest absolute Gasteiger partial charge is 0.456 e. The summed E-state index contributed by atoms with van der Waals surface area (Å²) < 4.78 is 5.45. The van der Waals surface area contributed by atoms with Crippen LogP contribution in [0.15, 0.2) is 10.5 Å². The third kappa shape index (κ3) is 4.17. The van der Waals surface area contributed by atoms with Gasteiger partial charge in [-0.3, -0.25) is 9.59 Å². The van der Waals surface area contributed by atoms with Gasteiger partial charge in [-0.15, -0.1) is 0 Å². The first-order valence-electron chi connectivity index (χ1n) is 8.52. The number of amides is 2. The molecule has 0 bridgehead atoms. The first kappa shape index (κ1) is 18.5. The Bertz CT molecular complexity index is 608. The summed E-state index contributed by atoms with van der Waals surface area (Å²) in [6.45, 7) is 10.8. The number of hydrogen-bond acceptors (Lipinski definition) is 4. The third-order valence-corrected chi connectivity index (χ3v) is 4.59. The fraction of sp³-hybridized carbons (Fsp3) is 0.667. The molecule has 6 nitrogen and oxygen atoms in total. The fourth-order valence-electron chi connectivity index (χ4n) is 2.93. The van der Waals surface area contributed by atoms with Crippen molar-refractivity contribution < 1.29 is 14.0 Å². The molecule has 6 heteroatoms. The van der Waals surface area contributed by atoms with Crippen molar-refractivity contribution in [1.82, 2.24) is 10.2 Å². The molecule has 134 valence electrons. The molecule has 1 atom stereocenters. The lowest BCUT2D eigenvalue weighted by molar-refractivity contribution is -0.136. The molecular weight excluding hydrogens is 306 g/mol. The van der Waals surface area contributed by atoms with Crippen LogP contribution >= 0.6 is 0 Å². The molecule has 1 saturated heterocycles. The molecule has 1 aliphatic rings. The Hall–Kier alpha value is -1.82. The second-order valence-corrected chi connectivity index (χ2v) is 7.79. The Morgan fingerprint density at radius 2 is 1.88 bits per heavy atom. The van der Waals surface area contributed by atoms with Crippen molar-refractivity contribution in [1.29, 1.82) is 0 Å². The summed E-state index contributed by atoms with van der Waals surface area (Å²) in [7, 11) is 0. The zero-order valence-electron chi connectivity index (χ0n) is 15.3. The number of rotatable bonds is 3. The highest BCUT2D eigenvalue weighted by molar-refractivity contribution is 5.93. The van der Waals surface area contributed by atoms with Gasteiger partial charge in [-0.1, -0.05) is 20.8 Å². The number of carbonyl (C=O) groups excluding carboxylic acids is 2. The summed E-state index contributed by atoms with van der Waals surface area (Å²) in [5.74, 6) is 0.913. The second-order valence-electron chi connectivity index (χ2n) is 7.79. The average molecular weight is 335 g/mol. The van der Waals surface area contributed by atoms with Crippen LogP contribution in [0.2, 0.25) is 0 Å². The van der Waals surface area contributed by atoms with Gasteiger partial charge in [0.1, 0.15) is 5.76 Å². The quantitative estimate of drug-likeness (QED) is 0.884. The van der Waals surface area contributed by atoms with Crippen molar-refractivity contribution in [3.63, 3.8) is 0 Å². The van der Waals surface area contributed by atoms with Crippen LogP contribution in [0.1, 0.15) is 55.5 Å². The van der Waals surface area contributed by atoms with Gasteiger partial charge in [-0.25, -0.2) is 0 Å². The number of furan rings is 1. The number of carbonyl (C=O) groups is 2. The van der Waals surface area contributed by atoms with Crippen LogP contribution in [0, 0.1) is 19.3 Å². The molecule has 1 fully saturated rings. The topological polar surface area (TPSA) is 88.6 Å². The molecule has 0 unspecified atom stereocenters. The van der Waals surface area contributed by atoms with E-state index in [0.717, 1.165) is 24.2 Å². The number of nitrogens with two attached hydrogens (primary N) is 1. The van der Waals surface area contributed by atoms with Gasteiger partial charge in [0.05, 0.1) is 6.04 Å². The SMILES string of the molecule is Cc1cc(C)c(C(=O)NC2CCN(C(=O)[C@@H](N)C(C)(C)C)CC2)o1. The van der Waals surface area contributed by atoms with E-state index in [2.05, 4.69) is 5.32 Å². The molecule has 2 amide bonds. The minimum absolute atomic E-state index is 0.00946. The maximum Gasteiger partial charge on any atom is 0.287 e. The summed E-state index contributed by atoms with van der Waals surface area (Å²) in [5, 5.41) is 3.01. The summed E-state index contributed by atoms with van der Waals surface area (Å²) in [6, 6.07) is 1.40. The lowest BCUT2D eigenvalue weighted by atomic mass is 9.86. The molecule has 0 aromatic carbocycles. The second kappa shape index (κ2) is 6.97. The lowest BCUT2D eigenvalue weighted by Crippen LogP contribution is -2.54. The van der Waals surface area contributed by atoms with E-state index in [1.807, 2.05) is 40.7 Å². The van der Waals surface area contributed by atoms with Gasteiger partial charge in [0.2, 0.25) is 5.91 Å². The van der Waals surface area contributed by atoms with E-state index in [-0.39, 0.29) is 23.3 Å². The molecular formula is C18H29N3O3. The van der Waals surface area contributed by atoms with Crippen molar-refractivity contribution in [3.05, 3.63) is 23.2 Å². The van der Waals surface area contributed by atoms with Crippen molar-refractivity contribution in [2.75, 3.05) is 13.1 Å². The van der Waals surface area contributed by atoms with E-state index in [4.69, 9.17) is 10.2 Å². The van der Waals surface area contributed by atoms with Crippen LogP contribution in [-0.2, 0) is 4.79 Å². The highest BCUT2D eigenvalue weighted by Crippen LogP contribution is 2.21. The van der Waals surface area contributed by atoms with Gasteiger partial charge < -0.3 is 20.4 Å². The van der Waals surface area contributed by atoms with Crippen molar-refractivity contribution in [2.45, 2.75) is 59.5 Å². The van der Waals surface area contributed by atoms with E-state index in [1.54, 1.807) is 4.90 Å². The molecule has 24 heavy (non-hydrogen) atoms. The van der Waals surface area contributed by atoms with Gasteiger partial charge in [0, 0.05) is 24.7 Å². The molecule has 0 spiro atoms. The highest BCUT2D eigenvalue weighted by Gasteiger charge is 2.33. The van der Waals surface area contributed by atoms with Gasteiger partial charge in [0.25, 0.3) is 5.91 Å². The Labute approximate surface area is 143 Å². The predicted molar refractivity (Wildman–Crippen MR) is 92.7 cm³/mol. The maximum absolute atomic E-state index is 12.4. The normalized spacial score (nSPS) is 17.7. The Kier molecular flexibility index (Phi) is 5.38. The smallest absolute Gasteiger partial charge is 0.287 e. The van der Waals surface area contributed by atoms with Crippen LogP contribution < -0.4 is 11.1 Å². The van der Waals surface area contributed by atoms with Gasteiger partial charge in [-0.2, -0.15) is 0 Å². The van der Waals surface area contributed by atoms with Crippen molar-refractivity contribution >= 4 is 11.8 Å². The standard InChI is InChI=1S/C18H29N3O3/c1-11-10-12(2)24-14(11)16(22)20-13-6-8-21(9-7-13)17(23)15(19)18(3,4)5/h10,13,15H,6-9,19H2,1-5H3,(H,20,22)/t15-/m1/s1. The first-order chi connectivity index (χ1) is 11.1. The monoisotopic (exact) mass is 335 g/mol. The summed E-state index contributed by atoms with van der Waals surface area (Å²) in [4.78, 5) is 26.5. The van der Waals surface area contributed by atoms with E-state index in [9.17, 15) is 9.59 Å². The number of nitrogens with one attached hydrogen (secondary N) is 1. The van der Waals surface area contributed by atoms with E-state index >= 15 is 0 Å².